The molecule has 2 aromatic heterocycles. The average molecular weight is 543 g/mol. The number of nitrogens with zero attached hydrogens (tertiary/aromatic N) is 3. The molecule has 1 saturated heterocycles. The van der Waals surface area contributed by atoms with Crippen LogP contribution in [0.25, 0.3) is 11.1 Å². The zero-order chi connectivity index (χ0) is 26.6. The maximum Gasteiger partial charge on any atom is 0.257 e. The topological polar surface area (TPSA) is 112 Å². The number of benzene rings is 2. The van der Waals surface area contributed by atoms with Gasteiger partial charge in [0.2, 0.25) is 0 Å². The molecule has 200 valence electrons. The van der Waals surface area contributed by atoms with Crippen molar-refractivity contribution in [1.29, 1.82) is 0 Å². The number of aromatic amines is 1. The van der Waals surface area contributed by atoms with Gasteiger partial charge in [-0.3, -0.25) is 24.9 Å². The summed E-state index contributed by atoms with van der Waals surface area (Å²) < 4.78 is 5.50. The fourth-order valence-electron chi connectivity index (χ4n) is 5.19. The summed E-state index contributed by atoms with van der Waals surface area (Å²) in [6.45, 7) is 3.88. The van der Waals surface area contributed by atoms with Gasteiger partial charge in [0.25, 0.3) is 11.8 Å². The van der Waals surface area contributed by atoms with Crippen molar-refractivity contribution in [3.8, 4) is 11.1 Å². The van der Waals surface area contributed by atoms with Crippen LogP contribution < -0.4 is 10.6 Å². The smallest absolute Gasteiger partial charge is 0.257 e. The van der Waals surface area contributed by atoms with Crippen molar-refractivity contribution in [3.63, 3.8) is 0 Å². The standard InChI is InChI=1S/C29H30N6O3S/c36-27(22-6-2-4-20(14-22)23-17-31-32-18-23)30-16-19-3-1-5-21(13-19)28(37)34-29-33-25-8-7-24(15-26(25)39-29)35-9-11-38-12-10-35/h1-6,13-14,17-18,24H,7-12,15-16H2,(H,30,36)(H,31,32)(H,33,34,37)/t24-/m0/s1. The van der Waals surface area contributed by atoms with Crippen LogP contribution in [0.15, 0.2) is 60.9 Å². The molecule has 1 aliphatic carbocycles. The molecule has 6 rings (SSSR count). The number of aryl methyl sites for hydroxylation is 1. The lowest BCUT2D eigenvalue weighted by atomic mass is 9.96. The van der Waals surface area contributed by atoms with E-state index in [-0.39, 0.29) is 11.8 Å². The Hall–Kier alpha value is -3.86. The number of thiazole rings is 1. The quantitative estimate of drug-likeness (QED) is 0.327. The summed E-state index contributed by atoms with van der Waals surface area (Å²) in [5, 5.41) is 13.3. The molecular weight excluding hydrogens is 512 g/mol. The summed E-state index contributed by atoms with van der Waals surface area (Å²) >= 11 is 1.58. The average Bonchev–Trinajstić information content (AvgIpc) is 3.66. The van der Waals surface area contributed by atoms with Crippen LogP contribution >= 0.6 is 11.3 Å². The highest BCUT2D eigenvalue weighted by molar-refractivity contribution is 7.15. The summed E-state index contributed by atoms with van der Waals surface area (Å²) in [7, 11) is 0. The second-order valence-electron chi connectivity index (χ2n) is 9.84. The molecule has 2 aliphatic rings. The maximum atomic E-state index is 13.0. The lowest BCUT2D eigenvalue weighted by Crippen LogP contribution is -2.45. The zero-order valence-electron chi connectivity index (χ0n) is 21.5. The first-order valence-electron chi connectivity index (χ1n) is 13.2. The Morgan fingerprint density at radius 3 is 2.69 bits per heavy atom. The fourth-order valence-corrected chi connectivity index (χ4v) is 6.26. The highest BCUT2D eigenvalue weighted by atomic mass is 32.1. The number of aromatic nitrogens is 3. The van der Waals surface area contributed by atoms with E-state index < -0.39 is 0 Å². The number of amides is 2. The van der Waals surface area contributed by atoms with Gasteiger partial charge in [-0.1, -0.05) is 24.3 Å². The van der Waals surface area contributed by atoms with E-state index in [1.807, 2.05) is 30.3 Å². The van der Waals surface area contributed by atoms with Crippen molar-refractivity contribution in [2.24, 2.45) is 0 Å². The second-order valence-corrected chi connectivity index (χ2v) is 10.9. The summed E-state index contributed by atoms with van der Waals surface area (Å²) in [5.41, 5.74) is 4.87. The van der Waals surface area contributed by atoms with Crippen molar-refractivity contribution in [2.75, 3.05) is 31.6 Å². The zero-order valence-corrected chi connectivity index (χ0v) is 22.3. The van der Waals surface area contributed by atoms with E-state index in [9.17, 15) is 9.59 Å². The van der Waals surface area contributed by atoms with E-state index in [2.05, 4.69) is 25.7 Å². The van der Waals surface area contributed by atoms with Gasteiger partial charge in [-0.05, 0) is 54.7 Å². The molecule has 2 amide bonds. The van der Waals surface area contributed by atoms with Gasteiger partial charge in [0.1, 0.15) is 0 Å². The molecule has 1 fully saturated rings. The number of fused-ring (bicyclic) bond motifs is 1. The van der Waals surface area contributed by atoms with Crippen molar-refractivity contribution in [3.05, 3.63) is 88.2 Å². The molecule has 0 bridgehead atoms. The number of morpholine rings is 1. The van der Waals surface area contributed by atoms with Crippen LogP contribution in [0, 0.1) is 0 Å². The van der Waals surface area contributed by atoms with Crippen LogP contribution in [-0.4, -0.2) is 64.2 Å². The minimum Gasteiger partial charge on any atom is -0.379 e. The van der Waals surface area contributed by atoms with Gasteiger partial charge >= 0.3 is 0 Å². The number of hydrogen-bond donors (Lipinski definition) is 3. The van der Waals surface area contributed by atoms with Crippen LogP contribution in [0.2, 0.25) is 0 Å². The number of nitrogens with one attached hydrogen (secondary N) is 3. The summed E-state index contributed by atoms with van der Waals surface area (Å²) in [5.74, 6) is -0.384. The van der Waals surface area contributed by atoms with Crippen molar-refractivity contribution in [1.82, 2.24) is 25.4 Å². The van der Waals surface area contributed by atoms with E-state index in [0.717, 1.165) is 68.0 Å². The summed E-state index contributed by atoms with van der Waals surface area (Å²) in [6, 6.07) is 15.2. The first-order valence-corrected chi connectivity index (χ1v) is 14.0. The second kappa shape index (κ2) is 11.5. The highest BCUT2D eigenvalue weighted by Crippen LogP contribution is 2.32. The number of rotatable bonds is 7. The largest absolute Gasteiger partial charge is 0.379 e. The van der Waals surface area contributed by atoms with Gasteiger partial charge in [-0.2, -0.15) is 5.10 Å². The normalized spacial score (nSPS) is 17.4. The number of ether oxygens (including phenoxy) is 1. The van der Waals surface area contributed by atoms with Gasteiger partial charge in [-0.25, -0.2) is 4.98 Å². The molecule has 9 nitrogen and oxygen atoms in total. The molecule has 0 radical (unpaired) electrons. The van der Waals surface area contributed by atoms with Crippen LogP contribution in [-0.2, 0) is 24.1 Å². The van der Waals surface area contributed by atoms with Crippen molar-refractivity contribution in [2.45, 2.75) is 31.8 Å². The molecule has 3 heterocycles. The minimum absolute atomic E-state index is 0.182. The Bertz CT molecular complexity index is 1460. The van der Waals surface area contributed by atoms with Crippen molar-refractivity contribution < 1.29 is 14.3 Å². The Kier molecular flexibility index (Phi) is 7.49. The SMILES string of the molecule is O=C(NCc1cccc(C(=O)Nc2nc3c(s2)C[C@@H](N2CCOCC2)CC3)c1)c1cccc(-c2cn[nH]c2)c1. The number of carbonyl (C=O) groups excluding carboxylic acids is 2. The number of anilines is 1. The molecule has 2 aromatic carbocycles. The molecule has 0 spiro atoms. The Labute approximate surface area is 230 Å². The molecular formula is C29H30N6O3S. The van der Waals surface area contributed by atoms with Gasteiger partial charge in [0, 0.05) is 53.4 Å². The first-order chi connectivity index (χ1) is 19.1. The highest BCUT2D eigenvalue weighted by Gasteiger charge is 2.28. The van der Waals surface area contributed by atoms with Gasteiger partial charge in [0.15, 0.2) is 5.13 Å². The Morgan fingerprint density at radius 2 is 1.87 bits per heavy atom. The maximum absolute atomic E-state index is 13.0. The van der Waals surface area contributed by atoms with Gasteiger partial charge in [-0.15, -0.1) is 11.3 Å². The molecule has 1 aliphatic heterocycles. The van der Waals surface area contributed by atoms with E-state index in [4.69, 9.17) is 9.72 Å². The predicted molar refractivity (Wildman–Crippen MR) is 150 cm³/mol. The number of carbonyl (C=O) groups is 2. The molecule has 0 saturated carbocycles. The third-order valence-electron chi connectivity index (χ3n) is 7.29. The van der Waals surface area contributed by atoms with E-state index in [1.54, 1.807) is 41.9 Å². The third-order valence-corrected chi connectivity index (χ3v) is 8.33. The number of H-pyrrole nitrogens is 1. The lowest BCUT2D eigenvalue weighted by molar-refractivity contribution is 0.0139. The monoisotopic (exact) mass is 542 g/mol. The molecule has 39 heavy (non-hydrogen) atoms. The lowest BCUT2D eigenvalue weighted by Gasteiger charge is -2.36. The summed E-state index contributed by atoms with van der Waals surface area (Å²) in [6.07, 6.45) is 6.51. The van der Waals surface area contributed by atoms with Crippen LogP contribution in [0.4, 0.5) is 5.13 Å². The van der Waals surface area contributed by atoms with Gasteiger partial charge in [0.05, 0.1) is 25.1 Å². The van der Waals surface area contributed by atoms with E-state index in [0.29, 0.717) is 28.8 Å². The Morgan fingerprint density at radius 1 is 1.05 bits per heavy atom. The molecule has 3 N–H and O–H groups in total. The van der Waals surface area contributed by atoms with Crippen molar-refractivity contribution >= 4 is 28.3 Å². The van der Waals surface area contributed by atoms with Gasteiger partial charge < -0.3 is 10.1 Å². The third kappa shape index (κ3) is 5.93. The predicted octanol–water partition coefficient (Wildman–Crippen LogP) is 3.91. The van der Waals surface area contributed by atoms with Crippen LogP contribution in [0.3, 0.4) is 0 Å². The summed E-state index contributed by atoms with van der Waals surface area (Å²) in [4.78, 5) is 34.3. The molecule has 4 aromatic rings. The van der Waals surface area contributed by atoms with E-state index >= 15 is 0 Å². The molecule has 0 unspecified atom stereocenters. The van der Waals surface area contributed by atoms with Crippen LogP contribution in [0.1, 0.15) is 43.3 Å². The minimum atomic E-state index is -0.202. The first kappa shape index (κ1) is 25.4. The molecule has 1 atom stereocenters. The molecule has 10 heteroatoms. The van der Waals surface area contributed by atoms with Crippen LogP contribution in [0.5, 0.6) is 0 Å². The number of hydrogen-bond acceptors (Lipinski definition) is 7. The van der Waals surface area contributed by atoms with E-state index in [1.165, 1.54) is 4.88 Å². The fraction of sp³-hybridized carbons (Fsp3) is 0.310. The Balaban J connectivity index is 1.06.